The summed E-state index contributed by atoms with van der Waals surface area (Å²) in [6.07, 6.45) is 4.43. The summed E-state index contributed by atoms with van der Waals surface area (Å²) in [6.45, 7) is 6.01. The quantitative estimate of drug-likeness (QED) is 0.632. The molecule has 6 heteroatoms. The average Bonchev–Trinajstić information content (AvgIpc) is 2.78. The van der Waals surface area contributed by atoms with Gasteiger partial charge < -0.3 is 9.80 Å². The molecule has 0 bridgehead atoms. The molecule has 1 atom stereocenters. The third-order valence-corrected chi connectivity index (χ3v) is 6.79. The van der Waals surface area contributed by atoms with E-state index in [1.54, 1.807) is 12.1 Å². The molecule has 2 aliphatic rings. The standard InChI is InChI=1S/C24H29Cl2N3O/c25-20-9-7-19(8-10-20)24(30)29-12-2-1-5-22(29)11-13-27-14-16-28(17-15-27)23-6-3-4-21(26)18-23/h3-4,6-10,18,22H,1-2,5,11-17H2. The molecule has 30 heavy (non-hydrogen) atoms. The van der Waals surface area contributed by atoms with E-state index >= 15 is 0 Å². The van der Waals surface area contributed by atoms with Crippen LogP contribution in [-0.4, -0.2) is 61.0 Å². The lowest BCUT2D eigenvalue weighted by atomic mass is 9.97. The van der Waals surface area contributed by atoms with E-state index in [2.05, 4.69) is 20.8 Å². The molecule has 0 spiro atoms. The minimum Gasteiger partial charge on any atom is -0.369 e. The average molecular weight is 446 g/mol. The van der Waals surface area contributed by atoms with Crippen molar-refractivity contribution in [2.45, 2.75) is 31.7 Å². The van der Waals surface area contributed by atoms with Crippen LogP contribution in [-0.2, 0) is 0 Å². The highest BCUT2D eigenvalue weighted by Gasteiger charge is 2.28. The van der Waals surface area contributed by atoms with Gasteiger partial charge >= 0.3 is 0 Å². The van der Waals surface area contributed by atoms with Crippen molar-refractivity contribution in [3.05, 3.63) is 64.1 Å². The summed E-state index contributed by atoms with van der Waals surface area (Å²) in [5.74, 6) is 0.141. The van der Waals surface area contributed by atoms with Crippen LogP contribution >= 0.6 is 23.2 Å². The molecular weight excluding hydrogens is 417 g/mol. The van der Waals surface area contributed by atoms with E-state index in [0.717, 1.165) is 69.1 Å². The van der Waals surface area contributed by atoms with Crippen molar-refractivity contribution in [3.8, 4) is 0 Å². The van der Waals surface area contributed by atoms with Gasteiger partial charge in [0.25, 0.3) is 5.91 Å². The van der Waals surface area contributed by atoms with Crippen molar-refractivity contribution in [2.24, 2.45) is 0 Å². The molecule has 2 aromatic rings. The van der Waals surface area contributed by atoms with Gasteiger partial charge in [-0.05, 0) is 68.1 Å². The number of hydrogen-bond donors (Lipinski definition) is 0. The molecule has 2 fully saturated rings. The lowest BCUT2D eigenvalue weighted by molar-refractivity contribution is 0.0582. The molecule has 0 aromatic heterocycles. The van der Waals surface area contributed by atoms with Crippen LogP contribution in [0.4, 0.5) is 5.69 Å². The molecule has 2 heterocycles. The Morgan fingerprint density at radius 3 is 2.40 bits per heavy atom. The predicted molar refractivity (Wildman–Crippen MR) is 125 cm³/mol. The Bertz CT molecular complexity index is 850. The number of carbonyl (C=O) groups excluding carboxylic acids is 1. The second-order valence-corrected chi connectivity index (χ2v) is 9.13. The van der Waals surface area contributed by atoms with Gasteiger partial charge in [0.2, 0.25) is 0 Å². The van der Waals surface area contributed by atoms with Crippen LogP contribution in [0.2, 0.25) is 10.0 Å². The van der Waals surface area contributed by atoms with Gasteiger partial charge in [0, 0.05) is 66.6 Å². The minimum absolute atomic E-state index is 0.141. The zero-order chi connectivity index (χ0) is 20.9. The smallest absolute Gasteiger partial charge is 0.254 e. The van der Waals surface area contributed by atoms with Crippen LogP contribution in [0.5, 0.6) is 0 Å². The molecule has 2 saturated heterocycles. The maximum atomic E-state index is 13.1. The van der Waals surface area contributed by atoms with Gasteiger partial charge in [-0.3, -0.25) is 9.69 Å². The van der Waals surface area contributed by atoms with Crippen LogP contribution in [0.3, 0.4) is 0 Å². The van der Waals surface area contributed by atoms with E-state index in [-0.39, 0.29) is 5.91 Å². The molecule has 0 saturated carbocycles. The monoisotopic (exact) mass is 445 g/mol. The van der Waals surface area contributed by atoms with Crippen molar-refractivity contribution in [3.63, 3.8) is 0 Å². The number of hydrogen-bond acceptors (Lipinski definition) is 3. The maximum Gasteiger partial charge on any atom is 0.254 e. The van der Waals surface area contributed by atoms with Crippen LogP contribution < -0.4 is 4.90 Å². The SMILES string of the molecule is O=C(c1ccc(Cl)cc1)N1CCCCC1CCN1CCN(c2cccc(Cl)c2)CC1. The fourth-order valence-electron chi connectivity index (χ4n) is 4.56. The highest BCUT2D eigenvalue weighted by Crippen LogP contribution is 2.24. The molecule has 0 radical (unpaired) electrons. The fraction of sp³-hybridized carbons (Fsp3) is 0.458. The van der Waals surface area contributed by atoms with Crippen LogP contribution in [0.15, 0.2) is 48.5 Å². The third-order valence-electron chi connectivity index (χ3n) is 6.30. The maximum absolute atomic E-state index is 13.1. The molecule has 2 aliphatic heterocycles. The number of benzene rings is 2. The van der Waals surface area contributed by atoms with E-state index in [0.29, 0.717) is 11.1 Å². The summed E-state index contributed by atoms with van der Waals surface area (Å²) in [4.78, 5) is 20.1. The zero-order valence-corrected chi connectivity index (χ0v) is 18.8. The summed E-state index contributed by atoms with van der Waals surface area (Å²) >= 11 is 12.1. The third kappa shape index (κ3) is 5.29. The van der Waals surface area contributed by atoms with Gasteiger partial charge in [-0.1, -0.05) is 29.3 Å². The zero-order valence-electron chi connectivity index (χ0n) is 17.3. The Morgan fingerprint density at radius 1 is 0.900 bits per heavy atom. The van der Waals surface area contributed by atoms with E-state index in [1.807, 2.05) is 30.3 Å². The largest absolute Gasteiger partial charge is 0.369 e. The summed E-state index contributed by atoms with van der Waals surface area (Å²) < 4.78 is 0. The van der Waals surface area contributed by atoms with Crippen LogP contribution in [0.1, 0.15) is 36.0 Å². The topological polar surface area (TPSA) is 26.8 Å². The fourth-order valence-corrected chi connectivity index (χ4v) is 4.87. The second-order valence-electron chi connectivity index (χ2n) is 8.25. The van der Waals surface area contributed by atoms with Crippen LogP contribution in [0, 0.1) is 0 Å². The van der Waals surface area contributed by atoms with Gasteiger partial charge in [-0.2, -0.15) is 0 Å². The first-order chi connectivity index (χ1) is 14.6. The number of amides is 1. The van der Waals surface area contributed by atoms with Crippen molar-refractivity contribution in [1.29, 1.82) is 0 Å². The van der Waals surface area contributed by atoms with Crippen molar-refractivity contribution in [2.75, 3.05) is 44.2 Å². The second kappa shape index (κ2) is 10.0. The molecule has 4 nitrogen and oxygen atoms in total. The van der Waals surface area contributed by atoms with Gasteiger partial charge in [0.05, 0.1) is 0 Å². The van der Waals surface area contributed by atoms with Crippen molar-refractivity contribution in [1.82, 2.24) is 9.80 Å². The molecule has 2 aromatic carbocycles. The summed E-state index contributed by atoms with van der Waals surface area (Å²) in [5, 5.41) is 1.45. The number of carbonyl (C=O) groups is 1. The van der Waals surface area contributed by atoms with Gasteiger partial charge in [0.15, 0.2) is 0 Å². The molecule has 1 unspecified atom stereocenters. The van der Waals surface area contributed by atoms with E-state index in [9.17, 15) is 4.79 Å². The Labute approximate surface area is 189 Å². The Balaban J connectivity index is 1.30. The Morgan fingerprint density at radius 2 is 1.67 bits per heavy atom. The van der Waals surface area contributed by atoms with Gasteiger partial charge in [-0.25, -0.2) is 0 Å². The van der Waals surface area contributed by atoms with Crippen LogP contribution in [0.25, 0.3) is 0 Å². The normalized spacial score (nSPS) is 20.4. The molecule has 0 N–H and O–H groups in total. The Hall–Kier alpha value is -1.75. The minimum atomic E-state index is 0.141. The van der Waals surface area contributed by atoms with Gasteiger partial charge in [-0.15, -0.1) is 0 Å². The predicted octanol–water partition coefficient (Wildman–Crippen LogP) is 5.20. The lowest BCUT2D eigenvalue weighted by Gasteiger charge is -2.39. The number of anilines is 1. The van der Waals surface area contributed by atoms with Crippen molar-refractivity contribution >= 4 is 34.8 Å². The first-order valence-corrected chi connectivity index (χ1v) is 11.7. The first-order valence-electron chi connectivity index (χ1n) is 10.9. The number of piperidine rings is 1. The first kappa shape index (κ1) is 21.5. The molecule has 0 aliphatic carbocycles. The van der Waals surface area contributed by atoms with E-state index < -0.39 is 0 Å². The molecule has 1 amide bonds. The highest BCUT2D eigenvalue weighted by atomic mass is 35.5. The van der Waals surface area contributed by atoms with E-state index in [1.165, 1.54) is 12.1 Å². The number of halogens is 2. The lowest BCUT2D eigenvalue weighted by Crippen LogP contribution is -2.49. The number of rotatable bonds is 5. The summed E-state index contributed by atoms with van der Waals surface area (Å²) in [5.41, 5.74) is 1.94. The molecular formula is C24H29Cl2N3O. The number of piperazine rings is 1. The number of likely N-dealkylation sites (tertiary alicyclic amines) is 1. The number of nitrogens with zero attached hydrogens (tertiary/aromatic N) is 3. The molecule has 4 rings (SSSR count). The van der Waals surface area contributed by atoms with Gasteiger partial charge in [0.1, 0.15) is 0 Å². The Kier molecular flexibility index (Phi) is 7.19. The molecule has 160 valence electrons. The van der Waals surface area contributed by atoms with Crippen molar-refractivity contribution < 1.29 is 4.79 Å². The highest BCUT2D eigenvalue weighted by molar-refractivity contribution is 6.31. The summed E-state index contributed by atoms with van der Waals surface area (Å²) in [7, 11) is 0. The van der Waals surface area contributed by atoms with E-state index in [4.69, 9.17) is 23.2 Å². The summed E-state index contributed by atoms with van der Waals surface area (Å²) in [6, 6.07) is 15.7.